The van der Waals surface area contributed by atoms with Crippen LogP contribution in [0.5, 0.6) is 0 Å². The molecule has 1 fully saturated rings. The second kappa shape index (κ2) is 6.79. The largest absolute Gasteiger partial charge is 0.385 e. The summed E-state index contributed by atoms with van der Waals surface area (Å²) in [6, 6.07) is 0.606. The summed E-state index contributed by atoms with van der Waals surface area (Å²) in [4.78, 5) is 11.2. The van der Waals surface area contributed by atoms with Gasteiger partial charge >= 0.3 is 0 Å². The van der Waals surface area contributed by atoms with Crippen molar-refractivity contribution < 1.29 is 9.53 Å². The average molecular weight is 200 g/mol. The molecule has 14 heavy (non-hydrogen) atoms. The molecule has 2 N–H and O–H groups in total. The SMILES string of the molecule is COCCCCNC(=O)CNC1CC1. The minimum absolute atomic E-state index is 0.106. The molecule has 0 aliphatic heterocycles. The summed E-state index contributed by atoms with van der Waals surface area (Å²) in [7, 11) is 1.69. The summed E-state index contributed by atoms with van der Waals surface area (Å²) < 4.78 is 4.91. The smallest absolute Gasteiger partial charge is 0.233 e. The Bertz CT molecular complexity index is 170. The van der Waals surface area contributed by atoms with Crippen LogP contribution in [0.3, 0.4) is 0 Å². The van der Waals surface area contributed by atoms with Crippen LogP contribution in [-0.4, -0.2) is 38.8 Å². The zero-order chi connectivity index (χ0) is 10.2. The average Bonchev–Trinajstić information content (AvgIpc) is 2.98. The molecule has 0 atom stereocenters. The van der Waals surface area contributed by atoms with Gasteiger partial charge in [-0.2, -0.15) is 0 Å². The minimum Gasteiger partial charge on any atom is -0.385 e. The molecule has 0 unspecified atom stereocenters. The van der Waals surface area contributed by atoms with Crippen LogP contribution in [0.4, 0.5) is 0 Å². The van der Waals surface area contributed by atoms with Crippen molar-refractivity contribution in [3.63, 3.8) is 0 Å². The maximum atomic E-state index is 11.2. The fourth-order valence-electron chi connectivity index (χ4n) is 1.19. The first kappa shape index (κ1) is 11.5. The van der Waals surface area contributed by atoms with Crippen LogP contribution >= 0.6 is 0 Å². The van der Waals surface area contributed by atoms with Crippen LogP contribution < -0.4 is 10.6 Å². The lowest BCUT2D eigenvalue weighted by atomic mass is 10.3. The van der Waals surface area contributed by atoms with Gasteiger partial charge in [0.25, 0.3) is 0 Å². The molecular weight excluding hydrogens is 180 g/mol. The lowest BCUT2D eigenvalue weighted by molar-refractivity contribution is -0.120. The van der Waals surface area contributed by atoms with E-state index in [1.54, 1.807) is 7.11 Å². The van der Waals surface area contributed by atoms with Gasteiger partial charge < -0.3 is 15.4 Å². The molecule has 0 heterocycles. The second-order valence-electron chi connectivity index (χ2n) is 3.71. The number of hydrogen-bond acceptors (Lipinski definition) is 3. The lowest BCUT2D eigenvalue weighted by Crippen LogP contribution is -2.35. The van der Waals surface area contributed by atoms with Gasteiger partial charge in [-0.15, -0.1) is 0 Å². The topological polar surface area (TPSA) is 50.4 Å². The Morgan fingerprint density at radius 1 is 1.43 bits per heavy atom. The lowest BCUT2D eigenvalue weighted by Gasteiger charge is -2.05. The van der Waals surface area contributed by atoms with Gasteiger partial charge in [0.15, 0.2) is 0 Å². The number of amides is 1. The third-order valence-electron chi connectivity index (χ3n) is 2.23. The van der Waals surface area contributed by atoms with Crippen molar-refractivity contribution in [3.8, 4) is 0 Å². The van der Waals surface area contributed by atoms with Crippen molar-refractivity contribution in [1.29, 1.82) is 0 Å². The summed E-state index contributed by atoms with van der Waals surface area (Å²) in [5.41, 5.74) is 0. The predicted molar refractivity (Wildman–Crippen MR) is 55.1 cm³/mol. The maximum Gasteiger partial charge on any atom is 0.233 e. The predicted octanol–water partition coefficient (Wildman–Crippen LogP) is 0.281. The molecule has 1 amide bonds. The molecule has 0 aromatic carbocycles. The van der Waals surface area contributed by atoms with Gasteiger partial charge in [-0.25, -0.2) is 0 Å². The van der Waals surface area contributed by atoms with E-state index < -0.39 is 0 Å². The Hall–Kier alpha value is -0.610. The van der Waals surface area contributed by atoms with E-state index in [9.17, 15) is 4.79 Å². The van der Waals surface area contributed by atoms with Crippen LogP contribution in [0.2, 0.25) is 0 Å². The normalized spacial score (nSPS) is 15.5. The summed E-state index contributed by atoms with van der Waals surface area (Å²) in [6.45, 7) is 2.00. The third kappa shape index (κ3) is 5.94. The number of hydrogen-bond donors (Lipinski definition) is 2. The molecule has 4 nitrogen and oxygen atoms in total. The standard InChI is InChI=1S/C10H20N2O2/c1-14-7-3-2-6-11-10(13)8-12-9-4-5-9/h9,12H,2-8H2,1H3,(H,11,13). The quantitative estimate of drug-likeness (QED) is 0.553. The van der Waals surface area contributed by atoms with Gasteiger partial charge in [0.05, 0.1) is 6.54 Å². The van der Waals surface area contributed by atoms with E-state index in [0.717, 1.165) is 26.0 Å². The van der Waals surface area contributed by atoms with Crippen molar-refractivity contribution in [2.24, 2.45) is 0 Å². The number of methoxy groups -OCH3 is 1. The molecule has 0 aromatic heterocycles. The Kier molecular flexibility index (Phi) is 5.56. The van der Waals surface area contributed by atoms with E-state index in [0.29, 0.717) is 12.6 Å². The summed E-state index contributed by atoms with van der Waals surface area (Å²) in [6.07, 6.45) is 4.44. The molecule has 82 valence electrons. The first-order chi connectivity index (χ1) is 6.83. The second-order valence-corrected chi connectivity index (χ2v) is 3.71. The van der Waals surface area contributed by atoms with Crippen molar-refractivity contribution in [2.75, 3.05) is 26.8 Å². The first-order valence-corrected chi connectivity index (χ1v) is 5.32. The van der Waals surface area contributed by atoms with Gasteiger partial charge in [-0.05, 0) is 25.7 Å². The summed E-state index contributed by atoms with van der Waals surface area (Å²) in [5, 5.41) is 6.04. The Morgan fingerprint density at radius 3 is 2.86 bits per heavy atom. The van der Waals surface area contributed by atoms with Crippen LogP contribution in [0.15, 0.2) is 0 Å². The molecule has 1 aliphatic carbocycles. The summed E-state index contributed by atoms with van der Waals surface area (Å²) in [5.74, 6) is 0.106. The number of rotatable bonds is 8. The highest BCUT2D eigenvalue weighted by molar-refractivity contribution is 5.77. The van der Waals surface area contributed by atoms with Gasteiger partial charge in [0, 0.05) is 26.3 Å². The monoisotopic (exact) mass is 200 g/mol. The van der Waals surface area contributed by atoms with Crippen molar-refractivity contribution in [3.05, 3.63) is 0 Å². The number of carbonyl (C=O) groups is 1. The van der Waals surface area contributed by atoms with Gasteiger partial charge in [-0.1, -0.05) is 0 Å². The van der Waals surface area contributed by atoms with E-state index in [1.807, 2.05) is 0 Å². The molecule has 0 radical (unpaired) electrons. The molecule has 4 heteroatoms. The van der Waals surface area contributed by atoms with Crippen LogP contribution in [0.25, 0.3) is 0 Å². The van der Waals surface area contributed by atoms with Gasteiger partial charge in [-0.3, -0.25) is 4.79 Å². The highest BCUT2D eigenvalue weighted by Gasteiger charge is 2.20. The Balaban J connectivity index is 1.81. The summed E-state index contributed by atoms with van der Waals surface area (Å²) >= 11 is 0. The van der Waals surface area contributed by atoms with Crippen molar-refractivity contribution >= 4 is 5.91 Å². The third-order valence-corrected chi connectivity index (χ3v) is 2.23. The molecular formula is C10H20N2O2. The molecule has 0 spiro atoms. The molecule has 1 aliphatic rings. The van der Waals surface area contributed by atoms with Crippen molar-refractivity contribution in [1.82, 2.24) is 10.6 Å². The molecule has 1 rings (SSSR count). The number of ether oxygens (including phenoxy) is 1. The number of carbonyl (C=O) groups excluding carboxylic acids is 1. The van der Waals surface area contributed by atoms with E-state index in [2.05, 4.69) is 10.6 Å². The van der Waals surface area contributed by atoms with Gasteiger partial charge in [0.2, 0.25) is 5.91 Å². The molecule has 0 saturated heterocycles. The fraction of sp³-hybridized carbons (Fsp3) is 0.900. The van der Waals surface area contributed by atoms with E-state index in [4.69, 9.17) is 4.74 Å². The van der Waals surface area contributed by atoms with Gasteiger partial charge in [0.1, 0.15) is 0 Å². The molecule has 1 saturated carbocycles. The van der Waals surface area contributed by atoms with E-state index >= 15 is 0 Å². The first-order valence-electron chi connectivity index (χ1n) is 5.32. The zero-order valence-electron chi connectivity index (χ0n) is 8.84. The van der Waals surface area contributed by atoms with E-state index in [-0.39, 0.29) is 5.91 Å². The Morgan fingerprint density at radius 2 is 2.21 bits per heavy atom. The zero-order valence-corrected chi connectivity index (χ0v) is 8.84. The highest BCUT2D eigenvalue weighted by Crippen LogP contribution is 2.17. The molecule has 0 aromatic rings. The maximum absolute atomic E-state index is 11.2. The minimum atomic E-state index is 0.106. The van der Waals surface area contributed by atoms with Crippen LogP contribution in [0.1, 0.15) is 25.7 Å². The number of unbranched alkanes of at least 4 members (excludes halogenated alkanes) is 1. The van der Waals surface area contributed by atoms with Crippen LogP contribution in [-0.2, 0) is 9.53 Å². The van der Waals surface area contributed by atoms with E-state index in [1.165, 1.54) is 12.8 Å². The molecule has 0 bridgehead atoms. The van der Waals surface area contributed by atoms with Crippen molar-refractivity contribution in [2.45, 2.75) is 31.7 Å². The van der Waals surface area contributed by atoms with Crippen LogP contribution in [0, 0.1) is 0 Å². The number of nitrogens with one attached hydrogen (secondary N) is 2. The fourth-order valence-corrected chi connectivity index (χ4v) is 1.19. The Labute approximate surface area is 85.4 Å². The highest BCUT2D eigenvalue weighted by atomic mass is 16.5.